The smallest absolute Gasteiger partial charge is 0.241 e. The van der Waals surface area contributed by atoms with Gasteiger partial charge in [-0.15, -0.1) is 10.2 Å². The molecule has 162 valence electrons. The van der Waals surface area contributed by atoms with Crippen LogP contribution in [0.4, 0.5) is 0 Å². The maximum Gasteiger partial charge on any atom is 0.241 e. The Balaban J connectivity index is 1.08. The van der Waals surface area contributed by atoms with E-state index in [-0.39, 0.29) is 0 Å². The predicted octanol–water partition coefficient (Wildman–Crippen LogP) is 4.13. The van der Waals surface area contributed by atoms with Crippen LogP contribution < -0.4 is 0 Å². The lowest BCUT2D eigenvalue weighted by Crippen LogP contribution is -2.34. The van der Waals surface area contributed by atoms with Gasteiger partial charge in [0.1, 0.15) is 11.6 Å². The molecular weight excluding hydrogens is 388 g/mol. The number of nitrogens with zero attached hydrogens (tertiary/aromatic N) is 6. The molecule has 31 heavy (non-hydrogen) atoms. The number of piperidine rings is 1. The van der Waals surface area contributed by atoms with Crippen LogP contribution in [0.15, 0.2) is 28.8 Å². The van der Waals surface area contributed by atoms with Crippen molar-refractivity contribution >= 4 is 0 Å². The van der Waals surface area contributed by atoms with Gasteiger partial charge in [0.2, 0.25) is 11.7 Å². The molecule has 4 heterocycles. The highest BCUT2D eigenvalue weighted by molar-refractivity contribution is 5.55. The summed E-state index contributed by atoms with van der Waals surface area (Å²) < 4.78 is 8.01. The second kappa shape index (κ2) is 7.55. The van der Waals surface area contributed by atoms with E-state index in [1.54, 1.807) is 0 Å². The number of aromatic nitrogens is 5. The van der Waals surface area contributed by atoms with Crippen molar-refractivity contribution in [3.63, 3.8) is 0 Å². The molecule has 3 aliphatic rings. The third-order valence-electron chi connectivity index (χ3n) is 7.59. The Kier molecular flexibility index (Phi) is 4.67. The second-order valence-electron chi connectivity index (χ2n) is 9.71. The number of hydrogen-bond acceptors (Lipinski definition) is 6. The Bertz CT molecular complexity index is 1080. The third kappa shape index (κ3) is 3.59. The molecule has 1 spiro atoms. The van der Waals surface area contributed by atoms with Crippen LogP contribution in [-0.4, -0.2) is 42.9 Å². The first kappa shape index (κ1) is 19.2. The van der Waals surface area contributed by atoms with Crippen LogP contribution in [0.3, 0.4) is 0 Å². The molecule has 2 aromatic heterocycles. The molecular formula is C24H30N6O. The number of benzene rings is 1. The van der Waals surface area contributed by atoms with Crippen LogP contribution in [0.5, 0.6) is 0 Å². The Morgan fingerprint density at radius 1 is 1.10 bits per heavy atom. The highest BCUT2D eigenvalue weighted by Gasteiger charge is 2.57. The average molecular weight is 419 g/mol. The van der Waals surface area contributed by atoms with Gasteiger partial charge in [-0.1, -0.05) is 35.3 Å². The molecule has 2 fully saturated rings. The van der Waals surface area contributed by atoms with Crippen LogP contribution in [0.25, 0.3) is 11.4 Å². The van der Waals surface area contributed by atoms with Crippen molar-refractivity contribution < 1.29 is 4.52 Å². The summed E-state index contributed by atoms with van der Waals surface area (Å²) in [6.45, 7) is 6.09. The van der Waals surface area contributed by atoms with Gasteiger partial charge in [0.05, 0.1) is 6.54 Å². The van der Waals surface area contributed by atoms with E-state index in [0.717, 1.165) is 38.2 Å². The molecule has 1 aliphatic carbocycles. The van der Waals surface area contributed by atoms with Crippen molar-refractivity contribution in [3.05, 3.63) is 47.4 Å². The van der Waals surface area contributed by atoms with Gasteiger partial charge < -0.3 is 9.09 Å². The summed E-state index contributed by atoms with van der Waals surface area (Å²) >= 11 is 0. The average Bonchev–Trinajstić information content (AvgIpc) is 3.13. The van der Waals surface area contributed by atoms with Gasteiger partial charge in [-0.25, -0.2) is 0 Å². The molecule has 7 heteroatoms. The Morgan fingerprint density at radius 3 is 2.87 bits per heavy atom. The maximum atomic E-state index is 5.56. The lowest BCUT2D eigenvalue weighted by molar-refractivity contribution is 0.145. The summed E-state index contributed by atoms with van der Waals surface area (Å²) in [6, 6.07) is 8.24. The van der Waals surface area contributed by atoms with Crippen molar-refractivity contribution in [2.24, 2.45) is 5.41 Å². The van der Waals surface area contributed by atoms with Gasteiger partial charge in [-0.05, 0) is 63.6 Å². The normalized spacial score (nSPS) is 22.9. The summed E-state index contributed by atoms with van der Waals surface area (Å²) in [5, 5.41) is 13.4. The van der Waals surface area contributed by atoms with Crippen molar-refractivity contribution in [1.82, 2.24) is 29.8 Å². The number of aryl methyl sites for hydroxylation is 2. The summed E-state index contributed by atoms with van der Waals surface area (Å²) in [4.78, 5) is 7.10. The fraction of sp³-hybridized carbons (Fsp3) is 0.583. The molecule has 0 bridgehead atoms. The van der Waals surface area contributed by atoms with E-state index >= 15 is 0 Å². The van der Waals surface area contributed by atoms with Crippen LogP contribution >= 0.6 is 0 Å². The molecule has 1 saturated carbocycles. The first-order valence-electron chi connectivity index (χ1n) is 11.7. The van der Waals surface area contributed by atoms with Crippen LogP contribution in [0, 0.1) is 12.3 Å². The molecule has 0 amide bonds. The summed E-state index contributed by atoms with van der Waals surface area (Å²) in [5.74, 6) is 4.48. The lowest BCUT2D eigenvalue weighted by atomic mass is 9.90. The number of rotatable bonds is 4. The standard InChI is InChI=1S/C24H30N6O/c1-17-6-5-7-18(14-17)22-25-21(31-28-22)16-29-12-9-24(10-13-29)15-19(24)23-27-26-20-8-3-2-4-11-30(20)23/h5-7,14,19H,2-4,8-13,15-16H2,1H3. The quantitative estimate of drug-likeness (QED) is 0.634. The largest absolute Gasteiger partial charge is 0.338 e. The van der Waals surface area contributed by atoms with Gasteiger partial charge in [0, 0.05) is 24.4 Å². The van der Waals surface area contributed by atoms with Gasteiger partial charge in [-0.2, -0.15) is 4.98 Å². The summed E-state index contributed by atoms with van der Waals surface area (Å²) in [7, 11) is 0. The topological polar surface area (TPSA) is 72.9 Å². The summed E-state index contributed by atoms with van der Waals surface area (Å²) in [5.41, 5.74) is 2.66. The minimum Gasteiger partial charge on any atom is -0.338 e. The molecule has 1 aromatic carbocycles. The fourth-order valence-corrected chi connectivity index (χ4v) is 5.60. The summed E-state index contributed by atoms with van der Waals surface area (Å²) in [6.07, 6.45) is 8.64. The molecule has 0 radical (unpaired) electrons. The molecule has 7 nitrogen and oxygen atoms in total. The molecule has 1 unspecified atom stereocenters. The van der Waals surface area contributed by atoms with Crippen LogP contribution in [-0.2, 0) is 19.5 Å². The van der Waals surface area contributed by atoms with E-state index < -0.39 is 0 Å². The van der Waals surface area contributed by atoms with Gasteiger partial charge >= 0.3 is 0 Å². The molecule has 6 rings (SSSR count). The van der Waals surface area contributed by atoms with E-state index in [2.05, 4.69) is 48.9 Å². The minimum atomic E-state index is 0.439. The predicted molar refractivity (Wildman–Crippen MR) is 116 cm³/mol. The molecule has 0 N–H and O–H groups in total. The molecule has 1 atom stereocenters. The molecule has 2 aliphatic heterocycles. The highest BCUT2D eigenvalue weighted by atomic mass is 16.5. The van der Waals surface area contributed by atoms with Crippen molar-refractivity contribution in [2.75, 3.05) is 13.1 Å². The van der Waals surface area contributed by atoms with E-state index in [4.69, 9.17) is 4.52 Å². The molecule has 3 aromatic rings. The third-order valence-corrected chi connectivity index (χ3v) is 7.59. The van der Waals surface area contributed by atoms with Crippen LogP contribution in [0.1, 0.15) is 67.5 Å². The Morgan fingerprint density at radius 2 is 2.00 bits per heavy atom. The first-order chi connectivity index (χ1) is 15.2. The number of hydrogen-bond donors (Lipinski definition) is 0. The fourth-order valence-electron chi connectivity index (χ4n) is 5.60. The molecule has 1 saturated heterocycles. The lowest BCUT2D eigenvalue weighted by Gasteiger charge is -2.31. The second-order valence-corrected chi connectivity index (χ2v) is 9.71. The van der Waals surface area contributed by atoms with Gasteiger partial charge in [0.15, 0.2) is 0 Å². The van der Waals surface area contributed by atoms with Crippen molar-refractivity contribution in [2.45, 2.75) is 70.9 Å². The zero-order valence-electron chi connectivity index (χ0n) is 18.3. The zero-order valence-corrected chi connectivity index (χ0v) is 18.3. The Hall–Kier alpha value is -2.54. The zero-order chi connectivity index (χ0) is 20.8. The monoisotopic (exact) mass is 418 g/mol. The number of fused-ring (bicyclic) bond motifs is 1. The van der Waals surface area contributed by atoms with E-state index in [9.17, 15) is 0 Å². The maximum absolute atomic E-state index is 5.56. The van der Waals surface area contributed by atoms with E-state index in [1.807, 2.05) is 12.1 Å². The number of likely N-dealkylation sites (tertiary alicyclic amines) is 1. The minimum absolute atomic E-state index is 0.439. The van der Waals surface area contributed by atoms with Crippen molar-refractivity contribution in [1.29, 1.82) is 0 Å². The van der Waals surface area contributed by atoms with E-state index in [0.29, 0.717) is 23.0 Å². The highest BCUT2D eigenvalue weighted by Crippen LogP contribution is 2.64. The SMILES string of the molecule is Cc1cccc(-c2noc(CN3CCC4(CC3)CC4c3nnc4n3CCCCC4)n2)c1. The first-order valence-corrected chi connectivity index (χ1v) is 11.7. The van der Waals surface area contributed by atoms with Crippen molar-refractivity contribution in [3.8, 4) is 11.4 Å². The van der Waals surface area contributed by atoms with E-state index in [1.165, 1.54) is 55.7 Å². The van der Waals surface area contributed by atoms with Gasteiger partial charge in [-0.3, -0.25) is 4.90 Å². The Labute approximate surface area is 182 Å². The van der Waals surface area contributed by atoms with Crippen LogP contribution in [0.2, 0.25) is 0 Å². The van der Waals surface area contributed by atoms with Gasteiger partial charge in [0.25, 0.3) is 0 Å².